The first kappa shape index (κ1) is 16.7. The molecule has 0 radical (unpaired) electrons. The van der Waals surface area contributed by atoms with Crippen LogP contribution < -0.4 is 5.69 Å². The summed E-state index contributed by atoms with van der Waals surface area (Å²) in [6.07, 6.45) is 1.87. The lowest BCUT2D eigenvalue weighted by Crippen LogP contribution is -2.41. The van der Waals surface area contributed by atoms with Gasteiger partial charge in [-0.1, -0.05) is 24.3 Å². The molecule has 4 rings (SSSR count). The topological polar surface area (TPSA) is 73.0 Å². The Morgan fingerprint density at radius 2 is 1.85 bits per heavy atom. The van der Waals surface area contributed by atoms with Gasteiger partial charge in [-0.15, -0.1) is 11.3 Å². The first-order valence-electron chi connectivity index (χ1n) is 8.62. The van der Waals surface area contributed by atoms with E-state index in [0.29, 0.717) is 38.0 Å². The molecule has 1 aliphatic rings. The second-order valence-electron chi connectivity index (χ2n) is 6.32. The molecule has 3 aromatic rings. The molecule has 1 amide bonds. The number of hydrogen-bond donors (Lipinski definition) is 0. The van der Waals surface area contributed by atoms with Gasteiger partial charge in [-0.3, -0.25) is 4.79 Å². The van der Waals surface area contributed by atoms with Crippen molar-refractivity contribution in [3.63, 3.8) is 0 Å². The van der Waals surface area contributed by atoms with Gasteiger partial charge in [-0.2, -0.15) is 9.36 Å². The molecule has 0 aliphatic carbocycles. The minimum absolute atomic E-state index is 0.0225. The van der Waals surface area contributed by atoms with Gasteiger partial charge in [0.1, 0.15) is 0 Å². The van der Waals surface area contributed by atoms with Crippen LogP contribution in [0, 0.1) is 0 Å². The highest BCUT2D eigenvalue weighted by Gasteiger charge is 2.26. The molecule has 2 aromatic heterocycles. The predicted octanol–water partition coefficient (Wildman–Crippen LogP) is 1.90. The van der Waals surface area contributed by atoms with Crippen LogP contribution in [0.5, 0.6) is 0 Å². The highest BCUT2D eigenvalue weighted by Crippen LogP contribution is 2.21. The van der Waals surface area contributed by atoms with E-state index in [-0.39, 0.29) is 17.6 Å². The number of tetrazole rings is 1. The number of aromatic nitrogens is 4. The fourth-order valence-electron chi connectivity index (χ4n) is 3.25. The van der Waals surface area contributed by atoms with Gasteiger partial charge in [-0.05, 0) is 46.8 Å². The third kappa shape index (κ3) is 3.32. The van der Waals surface area contributed by atoms with E-state index in [0.717, 1.165) is 4.88 Å². The van der Waals surface area contributed by atoms with Gasteiger partial charge >= 0.3 is 5.69 Å². The average molecular weight is 369 g/mol. The van der Waals surface area contributed by atoms with Gasteiger partial charge < -0.3 is 4.90 Å². The van der Waals surface area contributed by atoms with Crippen LogP contribution >= 0.6 is 11.3 Å². The molecule has 7 nitrogen and oxygen atoms in total. The van der Waals surface area contributed by atoms with Gasteiger partial charge in [0, 0.05) is 18.0 Å². The Hall–Kier alpha value is -2.74. The van der Waals surface area contributed by atoms with Crippen molar-refractivity contribution in [1.82, 2.24) is 24.7 Å². The summed E-state index contributed by atoms with van der Waals surface area (Å²) in [7, 11) is 0. The Morgan fingerprint density at radius 1 is 1.08 bits per heavy atom. The molecule has 0 spiro atoms. The summed E-state index contributed by atoms with van der Waals surface area (Å²) in [5, 5.41) is 10.0. The quantitative estimate of drug-likeness (QED) is 0.704. The molecule has 26 heavy (non-hydrogen) atoms. The second-order valence-corrected chi connectivity index (χ2v) is 7.35. The Kier molecular flexibility index (Phi) is 4.66. The van der Waals surface area contributed by atoms with Gasteiger partial charge in [0.25, 0.3) is 0 Å². The first-order chi connectivity index (χ1) is 12.7. The van der Waals surface area contributed by atoms with Crippen molar-refractivity contribution >= 4 is 17.2 Å². The summed E-state index contributed by atoms with van der Waals surface area (Å²) in [5.74, 6) is 0.145. The Bertz CT molecular complexity index is 924. The molecular weight excluding hydrogens is 350 g/mol. The van der Waals surface area contributed by atoms with Gasteiger partial charge in [0.05, 0.1) is 18.2 Å². The number of benzene rings is 1. The number of piperidine rings is 1. The maximum Gasteiger partial charge on any atom is 0.368 e. The van der Waals surface area contributed by atoms with E-state index in [2.05, 4.69) is 10.4 Å². The Morgan fingerprint density at radius 3 is 2.54 bits per heavy atom. The molecule has 1 aromatic carbocycles. The van der Waals surface area contributed by atoms with Crippen LogP contribution in [0.3, 0.4) is 0 Å². The number of carbonyl (C=O) groups excluding carboxylic acids is 1. The molecule has 8 heteroatoms. The number of para-hydroxylation sites is 1. The molecule has 0 atom stereocenters. The predicted molar refractivity (Wildman–Crippen MR) is 98.5 cm³/mol. The monoisotopic (exact) mass is 369 g/mol. The third-order valence-electron chi connectivity index (χ3n) is 4.67. The lowest BCUT2D eigenvalue weighted by atomic mass is 10.0. The van der Waals surface area contributed by atoms with Crippen LogP contribution in [0.1, 0.15) is 23.8 Å². The Balaban J connectivity index is 1.42. The van der Waals surface area contributed by atoms with Crippen molar-refractivity contribution in [1.29, 1.82) is 0 Å². The molecular formula is C18H19N5O2S. The van der Waals surface area contributed by atoms with Crippen molar-refractivity contribution < 1.29 is 4.79 Å². The third-order valence-corrected chi connectivity index (χ3v) is 5.55. The SMILES string of the molecule is O=C(Cc1cccs1)N1CCC(n2nnn(-c3ccccc3)c2=O)CC1. The van der Waals surface area contributed by atoms with Crippen molar-refractivity contribution in [3.05, 3.63) is 63.2 Å². The number of carbonyl (C=O) groups is 1. The van der Waals surface area contributed by atoms with Crippen molar-refractivity contribution in [2.45, 2.75) is 25.3 Å². The highest BCUT2D eigenvalue weighted by atomic mass is 32.1. The number of hydrogen-bond acceptors (Lipinski definition) is 5. The van der Waals surface area contributed by atoms with E-state index in [1.54, 1.807) is 11.3 Å². The standard InChI is InChI=1S/C18H19N5O2S/c24-17(13-16-7-4-12-26-16)21-10-8-15(9-11-21)23-18(25)22(19-20-23)14-5-2-1-3-6-14/h1-7,12,15H,8-11,13H2. The van der Waals surface area contributed by atoms with Crippen LogP contribution in [0.2, 0.25) is 0 Å². The second kappa shape index (κ2) is 7.25. The lowest BCUT2D eigenvalue weighted by molar-refractivity contribution is -0.131. The minimum atomic E-state index is -0.237. The van der Waals surface area contributed by atoms with Crippen LogP contribution in [0.25, 0.3) is 5.69 Å². The van der Waals surface area contributed by atoms with Crippen molar-refractivity contribution in [3.8, 4) is 5.69 Å². The van der Waals surface area contributed by atoms with E-state index in [1.165, 1.54) is 9.36 Å². The molecule has 3 heterocycles. The summed E-state index contributed by atoms with van der Waals surface area (Å²) in [6.45, 7) is 1.28. The van der Waals surface area contributed by atoms with E-state index in [4.69, 9.17) is 0 Å². The minimum Gasteiger partial charge on any atom is -0.342 e. The maximum atomic E-state index is 12.6. The number of rotatable bonds is 4. The Labute approximate surface area is 154 Å². The summed E-state index contributed by atoms with van der Waals surface area (Å²) >= 11 is 1.60. The fraction of sp³-hybridized carbons (Fsp3) is 0.333. The van der Waals surface area contributed by atoms with Gasteiger partial charge in [0.2, 0.25) is 5.91 Å². The van der Waals surface area contributed by atoms with E-state index in [1.807, 2.05) is 52.7 Å². The normalized spacial score (nSPS) is 15.3. The van der Waals surface area contributed by atoms with Crippen LogP contribution in [0.4, 0.5) is 0 Å². The number of nitrogens with zero attached hydrogens (tertiary/aromatic N) is 5. The smallest absolute Gasteiger partial charge is 0.342 e. The van der Waals surface area contributed by atoms with Crippen molar-refractivity contribution in [2.75, 3.05) is 13.1 Å². The molecule has 0 unspecified atom stereocenters. The molecule has 134 valence electrons. The zero-order valence-corrected chi connectivity index (χ0v) is 15.0. The molecule has 0 bridgehead atoms. The van der Waals surface area contributed by atoms with Crippen LogP contribution in [-0.4, -0.2) is 43.7 Å². The van der Waals surface area contributed by atoms with Crippen molar-refractivity contribution in [2.24, 2.45) is 0 Å². The molecule has 1 aliphatic heterocycles. The summed E-state index contributed by atoms with van der Waals surface area (Å²) in [4.78, 5) is 28.0. The number of thiophene rings is 1. The maximum absolute atomic E-state index is 12.6. The van der Waals surface area contributed by atoms with Gasteiger partial charge in [-0.25, -0.2) is 4.79 Å². The first-order valence-corrected chi connectivity index (χ1v) is 9.50. The van der Waals surface area contributed by atoms with Crippen LogP contribution in [0.15, 0.2) is 52.6 Å². The number of likely N-dealkylation sites (tertiary alicyclic amines) is 1. The average Bonchev–Trinajstić information content (AvgIpc) is 3.32. The van der Waals surface area contributed by atoms with E-state index < -0.39 is 0 Å². The summed E-state index contributed by atoms with van der Waals surface area (Å²) < 4.78 is 2.77. The zero-order chi connectivity index (χ0) is 17.9. The molecule has 1 saturated heterocycles. The highest BCUT2D eigenvalue weighted by molar-refractivity contribution is 7.10. The van der Waals surface area contributed by atoms with E-state index >= 15 is 0 Å². The van der Waals surface area contributed by atoms with Gasteiger partial charge in [0.15, 0.2) is 0 Å². The molecule has 1 fully saturated rings. The van der Waals surface area contributed by atoms with E-state index in [9.17, 15) is 9.59 Å². The lowest BCUT2D eigenvalue weighted by Gasteiger charge is -2.31. The largest absolute Gasteiger partial charge is 0.368 e. The zero-order valence-electron chi connectivity index (χ0n) is 14.2. The molecule has 0 saturated carbocycles. The van der Waals surface area contributed by atoms with Crippen LogP contribution in [-0.2, 0) is 11.2 Å². The fourth-order valence-corrected chi connectivity index (χ4v) is 3.95. The summed E-state index contributed by atoms with van der Waals surface area (Å²) in [5.41, 5.74) is 0.465. The number of amides is 1. The molecule has 0 N–H and O–H groups in total. The summed E-state index contributed by atoms with van der Waals surface area (Å²) in [6, 6.07) is 13.2.